The van der Waals surface area contributed by atoms with Crippen molar-refractivity contribution in [3.8, 4) is 11.1 Å². The zero-order chi connectivity index (χ0) is 12.3. The SMILES string of the molecule is CCCc1oncc1-c1cc(F)cc(C=O)c1. The van der Waals surface area contributed by atoms with Crippen molar-refractivity contribution in [2.24, 2.45) is 0 Å². The van der Waals surface area contributed by atoms with E-state index >= 15 is 0 Å². The topological polar surface area (TPSA) is 43.1 Å². The Balaban J connectivity index is 2.48. The molecular formula is C13H12FNO2. The van der Waals surface area contributed by atoms with Gasteiger partial charge in [-0.2, -0.15) is 0 Å². The zero-order valence-corrected chi connectivity index (χ0v) is 9.44. The predicted octanol–water partition coefficient (Wildman–Crippen LogP) is 3.25. The molecule has 0 aliphatic heterocycles. The van der Waals surface area contributed by atoms with Gasteiger partial charge in [-0.25, -0.2) is 4.39 Å². The number of carbonyl (C=O) groups excluding carboxylic acids is 1. The van der Waals surface area contributed by atoms with Crippen molar-refractivity contribution >= 4 is 6.29 Å². The maximum Gasteiger partial charge on any atom is 0.150 e. The average Bonchev–Trinajstić information content (AvgIpc) is 2.77. The number of aldehydes is 1. The van der Waals surface area contributed by atoms with Crippen molar-refractivity contribution < 1.29 is 13.7 Å². The summed E-state index contributed by atoms with van der Waals surface area (Å²) in [7, 11) is 0. The lowest BCUT2D eigenvalue weighted by Crippen LogP contribution is -1.89. The number of hydrogen-bond donors (Lipinski definition) is 0. The van der Waals surface area contributed by atoms with Crippen LogP contribution >= 0.6 is 0 Å². The molecule has 17 heavy (non-hydrogen) atoms. The number of aryl methyl sites for hydroxylation is 1. The quantitative estimate of drug-likeness (QED) is 0.761. The molecule has 0 saturated heterocycles. The van der Waals surface area contributed by atoms with E-state index in [9.17, 15) is 9.18 Å². The van der Waals surface area contributed by atoms with E-state index in [-0.39, 0.29) is 0 Å². The lowest BCUT2D eigenvalue weighted by atomic mass is 10.0. The lowest BCUT2D eigenvalue weighted by Gasteiger charge is -2.02. The molecule has 0 N–H and O–H groups in total. The average molecular weight is 233 g/mol. The molecule has 3 nitrogen and oxygen atoms in total. The van der Waals surface area contributed by atoms with Crippen LogP contribution in [0.1, 0.15) is 29.5 Å². The number of aromatic nitrogens is 1. The fraction of sp³-hybridized carbons (Fsp3) is 0.231. The number of nitrogens with zero attached hydrogens (tertiary/aromatic N) is 1. The van der Waals surface area contributed by atoms with Crippen LogP contribution < -0.4 is 0 Å². The summed E-state index contributed by atoms with van der Waals surface area (Å²) in [5.74, 6) is 0.281. The molecule has 0 radical (unpaired) electrons. The second kappa shape index (κ2) is 4.91. The maximum atomic E-state index is 13.3. The van der Waals surface area contributed by atoms with E-state index < -0.39 is 5.82 Å². The van der Waals surface area contributed by atoms with E-state index in [0.29, 0.717) is 17.4 Å². The summed E-state index contributed by atoms with van der Waals surface area (Å²) in [6, 6.07) is 4.20. The molecule has 88 valence electrons. The van der Waals surface area contributed by atoms with Gasteiger partial charge in [-0.05, 0) is 30.2 Å². The van der Waals surface area contributed by atoms with Crippen molar-refractivity contribution in [1.29, 1.82) is 0 Å². The Kier molecular flexibility index (Phi) is 3.32. The molecule has 4 heteroatoms. The monoisotopic (exact) mass is 233 g/mol. The second-order valence-corrected chi connectivity index (χ2v) is 3.80. The van der Waals surface area contributed by atoms with Crippen molar-refractivity contribution in [3.63, 3.8) is 0 Å². The molecule has 0 aliphatic carbocycles. The highest BCUT2D eigenvalue weighted by atomic mass is 19.1. The van der Waals surface area contributed by atoms with Crippen molar-refractivity contribution in [1.82, 2.24) is 5.16 Å². The van der Waals surface area contributed by atoms with Crippen molar-refractivity contribution in [3.05, 3.63) is 41.5 Å². The molecule has 0 unspecified atom stereocenters. The number of hydrogen-bond acceptors (Lipinski definition) is 3. The highest BCUT2D eigenvalue weighted by Gasteiger charge is 2.11. The number of halogens is 1. The molecule has 1 heterocycles. The molecular weight excluding hydrogens is 221 g/mol. The van der Waals surface area contributed by atoms with Gasteiger partial charge < -0.3 is 4.52 Å². The molecule has 0 amide bonds. The molecule has 0 fully saturated rings. The van der Waals surface area contributed by atoms with Crippen LogP contribution in [0.5, 0.6) is 0 Å². The van der Waals surface area contributed by atoms with Gasteiger partial charge in [0.2, 0.25) is 0 Å². The molecule has 0 bridgehead atoms. The fourth-order valence-electron chi connectivity index (χ4n) is 1.74. The summed E-state index contributed by atoms with van der Waals surface area (Å²) in [5.41, 5.74) is 1.68. The summed E-state index contributed by atoms with van der Waals surface area (Å²) >= 11 is 0. The van der Waals surface area contributed by atoms with Crippen LogP contribution in [0.3, 0.4) is 0 Å². The van der Waals surface area contributed by atoms with Crippen LogP contribution in [-0.2, 0) is 6.42 Å². The Morgan fingerprint density at radius 2 is 2.24 bits per heavy atom. The van der Waals surface area contributed by atoms with E-state index in [2.05, 4.69) is 5.16 Å². The summed E-state index contributed by atoms with van der Waals surface area (Å²) in [6.07, 6.45) is 3.83. The summed E-state index contributed by atoms with van der Waals surface area (Å²) in [4.78, 5) is 10.7. The Morgan fingerprint density at radius 1 is 1.41 bits per heavy atom. The minimum absolute atomic E-state index is 0.309. The predicted molar refractivity (Wildman–Crippen MR) is 61.3 cm³/mol. The maximum absolute atomic E-state index is 13.3. The number of carbonyl (C=O) groups is 1. The summed E-state index contributed by atoms with van der Waals surface area (Å²) in [5, 5.41) is 3.72. The smallest absolute Gasteiger partial charge is 0.150 e. The van der Waals surface area contributed by atoms with Gasteiger partial charge in [-0.15, -0.1) is 0 Å². The van der Waals surface area contributed by atoms with Crippen molar-refractivity contribution in [2.45, 2.75) is 19.8 Å². The Labute approximate surface area is 98.2 Å². The van der Waals surface area contributed by atoms with Crippen LogP contribution in [0.2, 0.25) is 0 Å². The third-order valence-electron chi connectivity index (χ3n) is 2.49. The van der Waals surface area contributed by atoms with Crippen LogP contribution in [0.4, 0.5) is 4.39 Å². The van der Waals surface area contributed by atoms with Gasteiger partial charge in [0.15, 0.2) is 0 Å². The Bertz CT molecular complexity index is 534. The third kappa shape index (κ3) is 2.41. The highest BCUT2D eigenvalue weighted by molar-refractivity contribution is 5.79. The van der Waals surface area contributed by atoms with Gasteiger partial charge in [-0.1, -0.05) is 12.1 Å². The molecule has 2 aromatic rings. The van der Waals surface area contributed by atoms with Crippen LogP contribution in [-0.4, -0.2) is 11.4 Å². The van der Waals surface area contributed by atoms with Crippen molar-refractivity contribution in [2.75, 3.05) is 0 Å². The van der Waals surface area contributed by atoms with Gasteiger partial charge in [0.25, 0.3) is 0 Å². The Morgan fingerprint density at radius 3 is 2.94 bits per heavy atom. The molecule has 0 saturated carbocycles. The molecule has 0 aliphatic rings. The van der Waals surface area contributed by atoms with Gasteiger partial charge in [-0.3, -0.25) is 4.79 Å². The molecule has 0 spiro atoms. The first-order valence-corrected chi connectivity index (χ1v) is 5.44. The van der Waals surface area contributed by atoms with E-state index in [1.54, 1.807) is 12.3 Å². The molecule has 2 rings (SSSR count). The largest absolute Gasteiger partial charge is 0.361 e. The first-order chi connectivity index (χ1) is 8.24. The first-order valence-electron chi connectivity index (χ1n) is 5.44. The number of benzene rings is 1. The standard InChI is InChI=1S/C13H12FNO2/c1-2-3-13-12(7-15-17-13)10-4-9(8-16)5-11(14)6-10/h4-8H,2-3H2,1H3. The molecule has 1 aromatic heterocycles. The van der Waals surface area contributed by atoms with Gasteiger partial charge in [0.05, 0.1) is 6.20 Å². The number of rotatable bonds is 4. The molecule has 1 aromatic carbocycles. The van der Waals surface area contributed by atoms with Gasteiger partial charge in [0, 0.05) is 17.5 Å². The van der Waals surface area contributed by atoms with E-state index in [0.717, 1.165) is 24.2 Å². The zero-order valence-electron chi connectivity index (χ0n) is 9.44. The van der Waals surface area contributed by atoms with E-state index in [1.807, 2.05) is 6.92 Å². The Hall–Kier alpha value is -1.97. The second-order valence-electron chi connectivity index (χ2n) is 3.80. The normalized spacial score (nSPS) is 10.5. The molecule has 0 atom stereocenters. The first kappa shape index (κ1) is 11.5. The fourth-order valence-corrected chi connectivity index (χ4v) is 1.74. The van der Waals surface area contributed by atoms with Crippen LogP contribution in [0.15, 0.2) is 28.9 Å². The minimum atomic E-state index is -0.437. The third-order valence-corrected chi connectivity index (χ3v) is 2.49. The van der Waals surface area contributed by atoms with E-state index in [4.69, 9.17) is 4.52 Å². The summed E-state index contributed by atoms with van der Waals surface area (Å²) < 4.78 is 18.4. The lowest BCUT2D eigenvalue weighted by molar-refractivity contribution is 0.112. The highest BCUT2D eigenvalue weighted by Crippen LogP contribution is 2.26. The van der Waals surface area contributed by atoms with Gasteiger partial charge >= 0.3 is 0 Å². The van der Waals surface area contributed by atoms with Crippen LogP contribution in [0, 0.1) is 5.82 Å². The van der Waals surface area contributed by atoms with E-state index in [1.165, 1.54) is 12.1 Å². The van der Waals surface area contributed by atoms with Gasteiger partial charge in [0.1, 0.15) is 17.9 Å². The summed E-state index contributed by atoms with van der Waals surface area (Å²) in [6.45, 7) is 2.02. The van der Waals surface area contributed by atoms with Crippen LogP contribution in [0.25, 0.3) is 11.1 Å². The minimum Gasteiger partial charge on any atom is -0.361 e.